The lowest BCUT2D eigenvalue weighted by Crippen LogP contribution is -2.61. The van der Waals surface area contributed by atoms with E-state index in [2.05, 4.69) is 33.8 Å². The predicted molar refractivity (Wildman–Crippen MR) is 110 cm³/mol. The van der Waals surface area contributed by atoms with Gasteiger partial charge in [0.15, 0.2) is 0 Å². The van der Waals surface area contributed by atoms with Crippen molar-refractivity contribution >= 4 is 5.78 Å². The number of aliphatic hydroxyl groups is 1. The van der Waals surface area contributed by atoms with Gasteiger partial charge in [0.25, 0.3) is 0 Å². The fourth-order valence-electron chi connectivity index (χ4n) is 9.03. The van der Waals surface area contributed by atoms with Crippen LogP contribution >= 0.6 is 0 Å². The first-order valence-electron chi connectivity index (χ1n) is 11.8. The van der Waals surface area contributed by atoms with E-state index in [0.717, 1.165) is 19.3 Å². The summed E-state index contributed by atoms with van der Waals surface area (Å²) < 4.78 is 0. The number of carbonyl (C=O) groups excluding carboxylic acids is 1. The Kier molecular flexibility index (Phi) is 5.18. The van der Waals surface area contributed by atoms with Gasteiger partial charge < -0.3 is 5.11 Å². The van der Waals surface area contributed by atoms with Crippen molar-refractivity contribution in [2.75, 3.05) is 0 Å². The molecule has 0 saturated heterocycles. The van der Waals surface area contributed by atoms with Gasteiger partial charge in [0.05, 0.1) is 12.2 Å². The molecule has 4 saturated carbocycles. The van der Waals surface area contributed by atoms with Crippen molar-refractivity contribution in [2.45, 2.75) is 91.6 Å². The standard InChI is InChI=1S/C25H39NO2/c1-5-17-21-14-16(27)8-11-25(21,4)20-9-12-24(3)18(15(2)10-13-26)6-7-19(24)22(20)23(17)28/h15,17-23,28H,5-12,14H2,1-4H3/t15-,17+,18?,19?,20?,21+,22?,23?,24-,25-/m1/s1. The molecular formula is C25H39NO2. The number of nitrogens with zero attached hydrogens (tertiary/aromatic N) is 1. The highest BCUT2D eigenvalue weighted by Gasteiger charge is 2.64. The molecule has 3 heteroatoms. The molecule has 0 bridgehead atoms. The molecule has 156 valence electrons. The maximum absolute atomic E-state index is 12.3. The minimum atomic E-state index is -0.256. The molecule has 4 fully saturated rings. The fraction of sp³-hybridized carbons (Fsp3) is 0.920. The molecule has 0 radical (unpaired) electrons. The van der Waals surface area contributed by atoms with Crippen LogP contribution in [0.25, 0.3) is 0 Å². The summed E-state index contributed by atoms with van der Waals surface area (Å²) in [6.45, 7) is 9.42. The Bertz CT molecular complexity index is 668. The van der Waals surface area contributed by atoms with Crippen LogP contribution in [0.15, 0.2) is 0 Å². The van der Waals surface area contributed by atoms with E-state index < -0.39 is 0 Å². The number of aliphatic hydroxyl groups excluding tert-OH is 1. The molecule has 0 aromatic rings. The van der Waals surface area contributed by atoms with Crippen molar-refractivity contribution in [3.63, 3.8) is 0 Å². The van der Waals surface area contributed by atoms with Crippen molar-refractivity contribution < 1.29 is 9.90 Å². The Morgan fingerprint density at radius 2 is 1.86 bits per heavy atom. The molecule has 10 atom stereocenters. The summed E-state index contributed by atoms with van der Waals surface area (Å²) in [5.41, 5.74) is 0.487. The maximum atomic E-state index is 12.3. The van der Waals surface area contributed by atoms with Crippen molar-refractivity contribution in [2.24, 2.45) is 52.3 Å². The van der Waals surface area contributed by atoms with Crippen LogP contribution in [0.1, 0.15) is 85.5 Å². The lowest BCUT2D eigenvalue weighted by atomic mass is 9.41. The molecule has 0 aromatic heterocycles. The highest BCUT2D eigenvalue weighted by Crippen LogP contribution is 2.69. The third kappa shape index (κ3) is 2.73. The molecule has 0 aliphatic heterocycles. The van der Waals surface area contributed by atoms with Crippen LogP contribution in [-0.2, 0) is 4.79 Å². The first kappa shape index (κ1) is 20.4. The van der Waals surface area contributed by atoms with E-state index >= 15 is 0 Å². The van der Waals surface area contributed by atoms with Crippen LogP contribution in [0.3, 0.4) is 0 Å². The zero-order valence-electron chi connectivity index (χ0n) is 18.3. The zero-order chi connectivity index (χ0) is 20.3. The number of rotatable bonds is 3. The lowest BCUT2D eigenvalue weighted by Gasteiger charge is -2.64. The molecule has 4 aliphatic rings. The van der Waals surface area contributed by atoms with Crippen molar-refractivity contribution in [3.8, 4) is 6.07 Å². The number of Topliss-reactive ketones (excluding diaryl/α,β-unsaturated/α-hetero) is 1. The van der Waals surface area contributed by atoms with Crippen LogP contribution in [-0.4, -0.2) is 17.0 Å². The van der Waals surface area contributed by atoms with Gasteiger partial charge in [0.1, 0.15) is 5.78 Å². The Labute approximate surface area is 171 Å². The fourth-order valence-corrected chi connectivity index (χ4v) is 9.03. The third-order valence-electron chi connectivity index (χ3n) is 10.4. The summed E-state index contributed by atoms with van der Waals surface area (Å²) in [7, 11) is 0. The van der Waals surface area contributed by atoms with Gasteiger partial charge in [0.2, 0.25) is 0 Å². The summed E-state index contributed by atoms with van der Waals surface area (Å²) in [5.74, 6) is 3.65. The number of carbonyl (C=O) groups is 1. The smallest absolute Gasteiger partial charge is 0.133 e. The van der Waals surface area contributed by atoms with Gasteiger partial charge in [-0.2, -0.15) is 5.26 Å². The van der Waals surface area contributed by atoms with E-state index in [1.165, 1.54) is 25.7 Å². The molecule has 4 rings (SSSR count). The Balaban J connectivity index is 1.69. The van der Waals surface area contributed by atoms with Crippen LogP contribution in [0.2, 0.25) is 0 Å². The minimum Gasteiger partial charge on any atom is -0.393 e. The molecule has 0 amide bonds. The second-order valence-electron chi connectivity index (χ2n) is 11.3. The maximum Gasteiger partial charge on any atom is 0.133 e. The molecule has 0 heterocycles. The van der Waals surface area contributed by atoms with E-state index in [1.807, 2.05) is 0 Å². The molecule has 0 aromatic carbocycles. The summed E-state index contributed by atoms with van der Waals surface area (Å²) >= 11 is 0. The van der Waals surface area contributed by atoms with E-state index in [1.54, 1.807) is 0 Å². The van der Waals surface area contributed by atoms with Gasteiger partial charge in [-0.25, -0.2) is 0 Å². The van der Waals surface area contributed by atoms with E-state index in [4.69, 9.17) is 0 Å². The number of ketones is 1. The minimum absolute atomic E-state index is 0.218. The monoisotopic (exact) mass is 385 g/mol. The van der Waals surface area contributed by atoms with Gasteiger partial charge in [0, 0.05) is 19.3 Å². The van der Waals surface area contributed by atoms with Gasteiger partial charge in [-0.15, -0.1) is 0 Å². The zero-order valence-corrected chi connectivity index (χ0v) is 18.3. The van der Waals surface area contributed by atoms with E-state index in [9.17, 15) is 15.2 Å². The van der Waals surface area contributed by atoms with Gasteiger partial charge >= 0.3 is 0 Å². The lowest BCUT2D eigenvalue weighted by molar-refractivity contribution is -0.194. The second-order valence-corrected chi connectivity index (χ2v) is 11.3. The van der Waals surface area contributed by atoms with E-state index in [0.29, 0.717) is 54.1 Å². The van der Waals surface area contributed by atoms with Crippen LogP contribution in [0.5, 0.6) is 0 Å². The van der Waals surface area contributed by atoms with Crippen LogP contribution in [0, 0.1) is 63.6 Å². The number of nitriles is 1. The number of hydrogen-bond acceptors (Lipinski definition) is 3. The first-order valence-corrected chi connectivity index (χ1v) is 11.8. The average Bonchev–Trinajstić information content (AvgIpc) is 3.01. The first-order chi connectivity index (χ1) is 13.3. The molecule has 0 spiro atoms. The Morgan fingerprint density at radius 1 is 1.14 bits per heavy atom. The number of fused-ring (bicyclic) bond motifs is 5. The Morgan fingerprint density at radius 3 is 2.54 bits per heavy atom. The average molecular weight is 386 g/mol. The summed E-state index contributed by atoms with van der Waals surface area (Å²) in [5, 5.41) is 20.9. The second kappa shape index (κ2) is 7.12. The third-order valence-corrected chi connectivity index (χ3v) is 10.4. The van der Waals surface area contributed by atoms with Gasteiger partial charge in [-0.1, -0.05) is 34.1 Å². The predicted octanol–water partition coefficient (Wildman–Crippen LogP) is 5.37. The molecule has 5 unspecified atom stereocenters. The summed E-state index contributed by atoms with van der Waals surface area (Å²) in [4.78, 5) is 12.3. The summed E-state index contributed by atoms with van der Waals surface area (Å²) in [6, 6.07) is 2.40. The molecule has 4 aliphatic carbocycles. The largest absolute Gasteiger partial charge is 0.393 e. The summed E-state index contributed by atoms with van der Waals surface area (Å²) in [6.07, 6.45) is 8.71. The van der Waals surface area contributed by atoms with Crippen LogP contribution < -0.4 is 0 Å². The molecule has 3 nitrogen and oxygen atoms in total. The number of hydrogen-bond donors (Lipinski definition) is 1. The molecule has 28 heavy (non-hydrogen) atoms. The quantitative estimate of drug-likeness (QED) is 0.710. The highest BCUT2D eigenvalue weighted by molar-refractivity contribution is 5.79. The normalized spacial score (nSPS) is 51.6. The topological polar surface area (TPSA) is 61.1 Å². The molecular weight excluding hydrogens is 346 g/mol. The van der Waals surface area contributed by atoms with E-state index in [-0.39, 0.29) is 22.9 Å². The van der Waals surface area contributed by atoms with Gasteiger partial charge in [-0.05, 0) is 84.4 Å². The van der Waals surface area contributed by atoms with Crippen molar-refractivity contribution in [1.29, 1.82) is 5.26 Å². The van der Waals surface area contributed by atoms with Crippen molar-refractivity contribution in [1.82, 2.24) is 0 Å². The Hall–Kier alpha value is -0.880. The van der Waals surface area contributed by atoms with Crippen LogP contribution in [0.4, 0.5) is 0 Å². The SMILES string of the molecule is CC[C@@H]1C(O)C2C3CCC([C@H](C)CC#N)[C@@]3(C)CCC2[C@@]2(C)CCC(=O)C[C@@H]12. The van der Waals surface area contributed by atoms with Crippen molar-refractivity contribution in [3.05, 3.63) is 0 Å². The molecule has 1 N–H and O–H groups in total. The van der Waals surface area contributed by atoms with Gasteiger partial charge in [-0.3, -0.25) is 4.79 Å². The highest BCUT2D eigenvalue weighted by atomic mass is 16.3.